The lowest BCUT2D eigenvalue weighted by Gasteiger charge is -2.22. The highest BCUT2D eigenvalue weighted by atomic mass is 35.5. The fraction of sp³-hybridized carbons (Fsp3) is 0.409. The van der Waals surface area contributed by atoms with E-state index in [4.69, 9.17) is 21.5 Å². The van der Waals surface area contributed by atoms with E-state index in [2.05, 4.69) is 5.32 Å². The van der Waals surface area contributed by atoms with Crippen molar-refractivity contribution in [3.63, 3.8) is 0 Å². The SMILES string of the molecule is CO[C@H](C[C@H](CCCCNCc1ccc(Cl)cc1)C(=O)NO)c1ccc(F)cc1. The van der Waals surface area contributed by atoms with Crippen molar-refractivity contribution in [2.45, 2.75) is 38.3 Å². The molecule has 2 atom stereocenters. The van der Waals surface area contributed by atoms with Crippen LogP contribution in [0.5, 0.6) is 0 Å². The van der Waals surface area contributed by atoms with E-state index < -0.39 is 11.8 Å². The molecule has 5 nitrogen and oxygen atoms in total. The molecular weight excluding hydrogens is 395 g/mol. The predicted molar refractivity (Wildman–Crippen MR) is 111 cm³/mol. The molecule has 0 spiro atoms. The van der Waals surface area contributed by atoms with Crippen LogP contribution in [-0.2, 0) is 16.1 Å². The van der Waals surface area contributed by atoms with Crippen LogP contribution in [-0.4, -0.2) is 24.8 Å². The summed E-state index contributed by atoms with van der Waals surface area (Å²) in [5.74, 6) is -1.14. The molecule has 0 aliphatic carbocycles. The van der Waals surface area contributed by atoms with E-state index in [-0.39, 0.29) is 11.9 Å². The van der Waals surface area contributed by atoms with Crippen molar-refractivity contribution in [1.29, 1.82) is 0 Å². The Morgan fingerprint density at radius 1 is 1.14 bits per heavy atom. The predicted octanol–water partition coefficient (Wildman–Crippen LogP) is 4.64. The average Bonchev–Trinajstić information content (AvgIpc) is 2.74. The first-order valence-corrected chi connectivity index (χ1v) is 10.1. The molecule has 0 heterocycles. The molecule has 0 aliphatic rings. The maximum absolute atomic E-state index is 13.1. The Morgan fingerprint density at radius 3 is 2.45 bits per heavy atom. The van der Waals surface area contributed by atoms with Crippen LogP contribution in [0.4, 0.5) is 4.39 Å². The van der Waals surface area contributed by atoms with Gasteiger partial charge in [-0.1, -0.05) is 42.3 Å². The number of carbonyl (C=O) groups excluding carboxylic acids is 1. The van der Waals surface area contributed by atoms with Gasteiger partial charge in [-0.3, -0.25) is 10.0 Å². The van der Waals surface area contributed by atoms with Gasteiger partial charge in [0.2, 0.25) is 5.91 Å². The van der Waals surface area contributed by atoms with Crippen molar-refractivity contribution in [2.75, 3.05) is 13.7 Å². The van der Waals surface area contributed by atoms with Crippen LogP contribution in [0, 0.1) is 11.7 Å². The van der Waals surface area contributed by atoms with E-state index in [1.807, 2.05) is 24.3 Å². The molecule has 2 aromatic carbocycles. The topological polar surface area (TPSA) is 70.6 Å². The molecule has 158 valence electrons. The second-order valence-electron chi connectivity index (χ2n) is 6.98. The van der Waals surface area contributed by atoms with Crippen molar-refractivity contribution < 1.29 is 19.1 Å². The third-order valence-corrected chi connectivity index (χ3v) is 5.16. The lowest BCUT2D eigenvalue weighted by Crippen LogP contribution is -2.29. The molecule has 1 amide bonds. The number of benzene rings is 2. The second-order valence-corrected chi connectivity index (χ2v) is 7.42. The minimum Gasteiger partial charge on any atom is -0.377 e. The summed E-state index contributed by atoms with van der Waals surface area (Å²) < 4.78 is 18.6. The lowest BCUT2D eigenvalue weighted by atomic mass is 9.91. The van der Waals surface area contributed by atoms with Crippen molar-refractivity contribution in [3.05, 3.63) is 70.5 Å². The summed E-state index contributed by atoms with van der Waals surface area (Å²) in [4.78, 5) is 12.1. The number of amides is 1. The molecule has 0 fully saturated rings. The number of hydrogen-bond acceptors (Lipinski definition) is 4. The zero-order valence-corrected chi connectivity index (χ0v) is 17.3. The Morgan fingerprint density at radius 2 is 1.83 bits per heavy atom. The molecule has 0 aromatic heterocycles. The molecule has 0 aliphatic heterocycles. The first-order valence-electron chi connectivity index (χ1n) is 9.71. The van der Waals surface area contributed by atoms with Crippen LogP contribution in [0.2, 0.25) is 5.02 Å². The highest BCUT2D eigenvalue weighted by Crippen LogP contribution is 2.27. The summed E-state index contributed by atoms with van der Waals surface area (Å²) in [6.07, 6.45) is 2.41. The van der Waals surface area contributed by atoms with Gasteiger partial charge in [-0.25, -0.2) is 9.87 Å². The number of hydroxylamine groups is 1. The largest absolute Gasteiger partial charge is 0.377 e. The summed E-state index contributed by atoms with van der Waals surface area (Å²) in [5, 5.41) is 13.2. The monoisotopic (exact) mass is 422 g/mol. The number of ether oxygens (including phenoxy) is 1. The van der Waals surface area contributed by atoms with Crippen LogP contribution in [0.3, 0.4) is 0 Å². The molecular formula is C22H28ClFN2O3. The van der Waals surface area contributed by atoms with Crippen LogP contribution in [0.15, 0.2) is 48.5 Å². The van der Waals surface area contributed by atoms with Crippen molar-refractivity contribution >= 4 is 17.5 Å². The summed E-state index contributed by atoms with van der Waals surface area (Å²) >= 11 is 5.88. The third kappa shape index (κ3) is 8.11. The van der Waals surface area contributed by atoms with E-state index in [1.165, 1.54) is 12.1 Å². The van der Waals surface area contributed by atoms with E-state index in [0.717, 1.165) is 42.1 Å². The lowest BCUT2D eigenvalue weighted by molar-refractivity contribution is -0.135. The Bertz CT molecular complexity index is 741. The number of methoxy groups -OCH3 is 1. The Balaban J connectivity index is 1.78. The highest BCUT2D eigenvalue weighted by molar-refractivity contribution is 6.30. The van der Waals surface area contributed by atoms with Crippen LogP contribution in [0.25, 0.3) is 0 Å². The molecule has 29 heavy (non-hydrogen) atoms. The molecule has 3 N–H and O–H groups in total. The van der Waals surface area contributed by atoms with Gasteiger partial charge in [-0.15, -0.1) is 0 Å². The molecule has 0 unspecified atom stereocenters. The average molecular weight is 423 g/mol. The summed E-state index contributed by atoms with van der Waals surface area (Å²) in [7, 11) is 1.56. The number of halogens is 2. The minimum atomic E-state index is -0.428. The van der Waals surface area contributed by atoms with E-state index in [9.17, 15) is 9.18 Å². The molecule has 2 rings (SSSR count). The van der Waals surface area contributed by atoms with Crippen molar-refractivity contribution in [3.8, 4) is 0 Å². The quantitative estimate of drug-likeness (QED) is 0.265. The minimum absolute atomic E-state index is 0.320. The fourth-order valence-electron chi connectivity index (χ4n) is 3.23. The number of carbonyl (C=O) groups is 1. The number of unbranched alkanes of at least 4 members (excludes halogenated alkanes) is 1. The van der Waals surface area contributed by atoms with Crippen molar-refractivity contribution in [2.24, 2.45) is 5.92 Å². The van der Waals surface area contributed by atoms with Crippen molar-refractivity contribution in [1.82, 2.24) is 10.8 Å². The highest BCUT2D eigenvalue weighted by Gasteiger charge is 2.23. The second kappa shape index (κ2) is 12.5. The number of rotatable bonds is 12. The standard InChI is InChI=1S/C22H28ClFN2O3/c1-29-21(17-7-11-20(24)12-8-17)14-18(22(27)26-28)4-2-3-13-25-15-16-5-9-19(23)10-6-16/h5-12,18,21,25,28H,2-4,13-15H2,1H3,(H,26,27)/t18-,21+/m0/s1. The summed E-state index contributed by atoms with van der Waals surface area (Å²) in [6, 6.07) is 13.7. The number of nitrogens with one attached hydrogen (secondary N) is 2. The van der Waals surface area contributed by atoms with Gasteiger partial charge < -0.3 is 10.1 Å². The summed E-state index contributed by atoms with van der Waals surface area (Å²) in [6.45, 7) is 1.58. The van der Waals surface area contributed by atoms with E-state index >= 15 is 0 Å². The Hall–Kier alpha value is -1.99. The first-order chi connectivity index (χ1) is 14.0. The molecule has 7 heteroatoms. The smallest absolute Gasteiger partial charge is 0.246 e. The van der Waals surface area contributed by atoms with Gasteiger partial charge in [-0.05, 0) is 61.2 Å². The summed E-state index contributed by atoms with van der Waals surface area (Å²) in [5.41, 5.74) is 3.71. The molecule has 0 radical (unpaired) electrons. The van der Waals surface area contributed by atoms with Gasteiger partial charge >= 0.3 is 0 Å². The molecule has 0 saturated heterocycles. The molecule has 2 aromatic rings. The van der Waals surface area contributed by atoms with Gasteiger partial charge in [0.25, 0.3) is 0 Å². The third-order valence-electron chi connectivity index (χ3n) is 4.90. The first kappa shape index (κ1) is 23.3. The van der Waals surface area contributed by atoms with Crippen LogP contribution >= 0.6 is 11.6 Å². The van der Waals surface area contributed by atoms with Crippen LogP contribution in [0.1, 0.15) is 42.9 Å². The zero-order chi connectivity index (χ0) is 21.1. The molecule has 0 saturated carbocycles. The normalized spacial score (nSPS) is 13.1. The van der Waals surface area contributed by atoms with Gasteiger partial charge in [0.05, 0.1) is 6.10 Å². The van der Waals surface area contributed by atoms with E-state index in [0.29, 0.717) is 12.8 Å². The maximum atomic E-state index is 13.1. The van der Waals surface area contributed by atoms with E-state index in [1.54, 1.807) is 24.7 Å². The van der Waals surface area contributed by atoms with Gasteiger partial charge in [0.1, 0.15) is 5.82 Å². The molecule has 0 bridgehead atoms. The Kier molecular flexibility index (Phi) is 10.1. The van der Waals surface area contributed by atoms with Gasteiger partial charge in [0, 0.05) is 24.6 Å². The van der Waals surface area contributed by atoms with Crippen LogP contribution < -0.4 is 10.8 Å². The number of hydrogen-bond donors (Lipinski definition) is 3. The maximum Gasteiger partial charge on any atom is 0.246 e. The Labute approximate surface area is 176 Å². The van der Waals surface area contributed by atoms with Gasteiger partial charge in [-0.2, -0.15) is 0 Å². The zero-order valence-electron chi connectivity index (χ0n) is 16.5. The van der Waals surface area contributed by atoms with Gasteiger partial charge in [0.15, 0.2) is 0 Å². The fourth-order valence-corrected chi connectivity index (χ4v) is 3.35.